The molecule has 0 amide bonds. The number of hydrogen-bond acceptors (Lipinski definition) is 13. The van der Waals surface area contributed by atoms with Crippen LogP contribution < -0.4 is 9.47 Å². The van der Waals surface area contributed by atoms with E-state index in [0.29, 0.717) is 17.2 Å². The van der Waals surface area contributed by atoms with Crippen molar-refractivity contribution in [2.45, 2.75) is 71.9 Å². The van der Waals surface area contributed by atoms with Gasteiger partial charge in [0.15, 0.2) is 36.0 Å². The van der Waals surface area contributed by atoms with Gasteiger partial charge in [0.25, 0.3) is 0 Å². The SMILES string of the molecule is C/C=C/c1ccc(OCc2cn([C@@H]3O[C@H](COC(C)=O)[C@H](OC(C)=O)[C@H](OC(C)=O)[C@H]3OC(C)=O)nn2)c(OC)c1. The minimum Gasteiger partial charge on any atom is -0.493 e. The molecule has 0 aliphatic carbocycles. The van der Waals surface area contributed by atoms with Gasteiger partial charge in [0, 0.05) is 27.7 Å². The molecule has 1 aliphatic heterocycles. The van der Waals surface area contributed by atoms with Crippen LogP contribution >= 0.6 is 0 Å². The third-order valence-corrected chi connectivity index (χ3v) is 5.71. The van der Waals surface area contributed by atoms with Gasteiger partial charge < -0.3 is 33.2 Å². The second kappa shape index (κ2) is 14.3. The highest BCUT2D eigenvalue weighted by Gasteiger charge is 2.53. The Morgan fingerprint density at radius 3 is 2.20 bits per heavy atom. The molecular weight excluding hydrogens is 542 g/mol. The number of allylic oxidation sites excluding steroid dienone is 1. The van der Waals surface area contributed by atoms with E-state index in [1.807, 2.05) is 31.2 Å². The maximum atomic E-state index is 12.1. The Labute approximate surface area is 236 Å². The first kappa shape index (κ1) is 31.1. The minimum atomic E-state index is -1.33. The van der Waals surface area contributed by atoms with Crippen LogP contribution in [0.2, 0.25) is 0 Å². The summed E-state index contributed by atoms with van der Waals surface area (Å²) in [5.41, 5.74) is 1.31. The van der Waals surface area contributed by atoms with Gasteiger partial charge in [-0.3, -0.25) is 19.2 Å². The molecule has 0 bridgehead atoms. The van der Waals surface area contributed by atoms with E-state index in [1.54, 1.807) is 6.07 Å². The lowest BCUT2D eigenvalue weighted by Crippen LogP contribution is -2.60. The molecule has 14 heteroatoms. The van der Waals surface area contributed by atoms with Crippen molar-refractivity contribution in [1.82, 2.24) is 15.0 Å². The predicted molar refractivity (Wildman–Crippen MR) is 139 cm³/mol. The molecule has 1 aromatic heterocycles. The van der Waals surface area contributed by atoms with Crippen LogP contribution in [0.15, 0.2) is 30.5 Å². The van der Waals surface area contributed by atoms with Gasteiger partial charge in [-0.1, -0.05) is 23.4 Å². The Kier molecular flexibility index (Phi) is 10.8. The molecule has 0 unspecified atom stereocenters. The summed E-state index contributed by atoms with van der Waals surface area (Å²) in [6, 6.07) is 5.45. The number of rotatable bonds is 11. The van der Waals surface area contributed by atoms with E-state index in [0.717, 1.165) is 26.3 Å². The Hall–Kier alpha value is -4.46. The second-order valence-corrected chi connectivity index (χ2v) is 8.98. The van der Waals surface area contributed by atoms with Gasteiger partial charge in [-0.2, -0.15) is 0 Å². The van der Waals surface area contributed by atoms with Gasteiger partial charge in [0.05, 0.1) is 13.3 Å². The number of carbonyl (C=O) groups excluding carboxylic acids is 4. The summed E-state index contributed by atoms with van der Waals surface area (Å²) in [5, 5.41) is 8.21. The van der Waals surface area contributed by atoms with Crippen molar-refractivity contribution in [3.8, 4) is 11.5 Å². The van der Waals surface area contributed by atoms with Crippen molar-refractivity contribution < 1.29 is 52.3 Å². The molecule has 1 saturated heterocycles. The van der Waals surface area contributed by atoms with Crippen LogP contribution in [0.3, 0.4) is 0 Å². The van der Waals surface area contributed by atoms with Gasteiger partial charge in [0.2, 0.25) is 0 Å². The molecule has 0 radical (unpaired) electrons. The summed E-state index contributed by atoms with van der Waals surface area (Å²) in [6.07, 6.45) is -0.943. The van der Waals surface area contributed by atoms with E-state index in [4.69, 9.17) is 33.2 Å². The molecule has 5 atom stereocenters. The predicted octanol–water partition coefficient (Wildman–Crippen LogP) is 2.15. The van der Waals surface area contributed by atoms with Crippen LogP contribution in [-0.2, 0) is 49.5 Å². The van der Waals surface area contributed by atoms with Crippen LogP contribution in [-0.4, -0.2) is 77.0 Å². The molecule has 0 saturated carbocycles. The lowest BCUT2D eigenvalue weighted by atomic mass is 9.97. The molecular formula is C27H33N3O11. The normalized spacial score (nSPS) is 22.0. The van der Waals surface area contributed by atoms with Crippen LogP contribution in [0.1, 0.15) is 52.1 Å². The van der Waals surface area contributed by atoms with E-state index in [2.05, 4.69) is 10.3 Å². The lowest BCUT2D eigenvalue weighted by molar-refractivity contribution is -0.270. The number of benzene rings is 1. The monoisotopic (exact) mass is 575 g/mol. The van der Waals surface area contributed by atoms with Crippen molar-refractivity contribution in [3.63, 3.8) is 0 Å². The van der Waals surface area contributed by atoms with E-state index in [1.165, 1.54) is 24.9 Å². The van der Waals surface area contributed by atoms with Gasteiger partial charge >= 0.3 is 23.9 Å². The average molecular weight is 576 g/mol. The van der Waals surface area contributed by atoms with Crippen molar-refractivity contribution in [2.75, 3.05) is 13.7 Å². The maximum Gasteiger partial charge on any atom is 0.303 e. The highest BCUT2D eigenvalue weighted by atomic mass is 16.7. The second-order valence-electron chi connectivity index (χ2n) is 8.98. The van der Waals surface area contributed by atoms with Crippen molar-refractivity contribution in [3.05, 3.63) is 41.7 Å². The van der Waals surface area contributed by atoms with Crippen LogP contribution in [0.4, 0.5) is 0 Å². The van der Waals surface area contributed by atoms with Gasteiger partial charge in [0.1, 0.15) is 25.0 Å². The average Bonchev–Trinajstić information content (AvgIpc) is 3.37. The maximum absolute atomic E-state index is 12.1. The van der Waals surface area contributed by atoms with Gasteiger partial charge in [-0.25, -0.2) is 4.68 Å². The molecule has 222 valence electrons. The van der Waals surface area contributed by atoms with Crippen molar-refractivity contribution in [2.24, 2.45) is 0 Å². The number of ether oxygens (including phenoxy) is 7. The number of esters is 4. The number of nitrogens with zero attached hydrogens (tertiary/aromatic N) is 3. The number of aromatic nitrogens is 3. The highest BCUT2D eigenvalue weighted by Crippen LogP contribution is 2.35. The molecule has 1 aliphatic rings. The Balaban J connectivity index is 1.91. The number of carbonyl (C=O) groups is 4. The molecule has 2 aromatic rings. The largest absolute Gasteiger partial charge is 0.493 e. The first-order valence-corrected chi connectivity index (χ1v) is 12.7. The molecule has 1 aromatic carbocycles. The molecule has 0 N–H and O–H groups in total. The van der Waals surface area contributed by atoms with E-state index in [-0.39, 0.29) is 13.2 Å². The zero-order chi connectivity index (χ0) is 30.1. The van der Waals surface area contributed by atoms with E-state index < -0.39 is 54.5 Å². The zero-order valence-electron chi connectivity index (χ0n) is 23.6. The summed E-state index contributed by atoms with van der Waals surface area (Å²) >= 11 is 0. The summed E-state index contributed by atoms with van der Waals surface area (Å²) in [4.78, 5) is 47.5. The van der Waals surface area contributed by atoms with Gasteiger partial charge in [-0.15, -0.1) is 5.10 Å². The van der Waals surface area contributed by atoms with Crippen LogP contribution in [0, 0.1) is 0 Å². The summed E-state index contributed by atoms with van der Waals surface area (Å²) in [7, 11) is 1.53. The molecule has 0 spiro atoms. The molecule has 41 heavy (non-hydrogen) atoms. The molecule has 1 fully saturated rings. The smallest absolute Gasteiger partial charge is 0.303 e. The molecule has 2 heterocycles. The first-order valence-electron chi connectivity index (χ1n) is 12.7. The van der Waals surface area contributed by atoms with Crippen molar-refractivity contribution >= 4 is 30.0 Å². The third kappa shape index (κ3) is 8.51. The fourth-order valence-electron chi connectivity index (χ4n) is 4.17. The van der Waals surface area contributed by atoms with E-state index in [9.17, 15) is 19.2 Å². The fourth-order valence-corrected chi connectivity index (χ4v) is 4.17. The fraction of sp³-hybridized carbons (Fsp3) is 0.481. The topological polar surface area (TPSA) is 164 Å². The standard InChI is InChI=1S/C27H33N3O11/c1-7-8-19-9-10-21(22(11-19)35-6)37-13-20-12-30(29-28-20)27-26(40-18(5)34)25(39-17(4)33)24(38-16(3)32)23(41-27)14-36-15(2)31/h7-12,23-27H,13-14H2,1-6H3/b8-7+/t23-,24+,25+,26-,27-/m1/s1. The van der Waals surface area contributed by atoms with E-state index >= 15 is 0 Å². The highest BCUT2D eigenvalue weighted by molar-refractivity contribution is 5.68. The third-order valence-electron chi connectivity index (χ3n) is 5.71. The summed E-state index contributed by atoms with van der Waals surface area (Å²) in [6.45, 7) is 6.18. The Bertz CT molecular complexity index is 1270. The lowest BCUT2D eigenvalue weighted by Gasteiger charge is -2.44. The quantitative estimate of drug-likeness (QED) is 0.283. The summed E-state index contributed by atoms with van der Waals surface area (Å²) < 4.78 is 40.0. The van der Waals surface area contributed by atoms with Crippen molar-refractivity contribution in [1.29, 1.82) is 0 Å². The summed E-state index contributed by atoms with van der Waals surface area (Å²) in [5.74, 6) is -1.81. The van der Waals surface area contributed by atoms with Gasteiger partial charge in [-0.05, 0) is 24.6 Å². The number of hydrogen-bond donors (Lipinski definition) is 0. The Morgan fingerprint density at radius 2 is 1.59 bits per heavy atom. The molecule has 14 nitrogen and oxygen atoms in total. The Morgan fingerprint density at radius 1 is 0.927 bits per heavy atom. The van der Waals surface area contributed by atoms with Crippen LogP contribution in [0.5, 0.6) is 11.5 Å². The zero-order valence-corrected chi connectivity index (χ0v) is 23.6. The minimum absolute atomic E-state index is 0.00933. The number of methoxy groups -OCH3 is 1. The van der Waals surface area contributed by atoms with Crippen LogP contribution in [0.25, 0.3) is 6.08 Å². The molecule has 3 rings (SSSR count). The first-order chi connectivity index (χ1) is 19.5.